The fourth-order valence-corrected chi connectivity index (χ4v) is 9.67. The van der Waals surface area contributed by atoms with Gasteiger partial charge in [0.05, 0.1) is 0 Å². The molecule has 0 saturated carbocycles. The number of rotatable bonds is 6. The van der Waals surface area contributed by atoms with E-state index in [0.717, 1.165) is 0 Å². The quantitative estimate of drug-likeness (QED) is 0.120. The molecule has 6 nitrogen and oxygen atoms in total. The van der Waals surface area contributed by atoms with Crippen molar-refractivity contribution in [3.8, 4) is 0 Å². The minimum atomic E-state index is -0.409. The van der Waals surface area contributed by atoms with Crippen LogP contribution in [0.25, 0.3) is 0 Å². The molecule has 206 valence electrons. The maximum Gasteiger partial charge on any atom is 0.00405 e. The molecule has 4 aromatic rings. The molecule has 0 atom stereocenters. The summed E-state index contributed by atoms with van der Waals surface area (Å²) in [5, 5.41) is 5.83. The molecule has 0 N–H and O–H groups in total. The van der Waals surface area contributed by atoms with E-state index in [1.165, 1.54) is 27.1 Å². The van der Waals surface area contributed by atoms with E-state index in [-0.39, 0.29) is 34.1 Å². The van der Waals surface area contributed by atoms with E-state index < -0.39 is 15.8 Å². The van der Waals surface area contributed by atoms with Crippen molar-refractivity contribution in [1.82, 2.24) is 0 Å². The Hall–Kier alpha value is -2.78. The van der Waals surface area contributed by atoms with Crippen LogP contribution in [0, 0.1) is 39.9 Å². The first kappa shape index (κ1) is 48.0. The smallest absolute Gasteiger partial charge is 0.00405 e. The van der Waals surface area contributed by atoms with Crippen LogP contribution in [0.2, 0.25) is 0 Å². The van der Waals surface area contributed by atoms with Crippen molar-refractivity contribution in [1.29, 1.82) is 0 Å². The molecule has 2 radical (unpaired) electrons. The molecule has 0 fully saturated rings. The third kappa shape index (κ3) is 19.1. The van der Waals surface area contributed by atoms with E-state index in [0.29, 0.717) is 0 Å². The average Bonchev–Trinajstić information content (AvgIpc) is 3.09. The fraction of sp³-hybridized carbons (Fsp3) is 0.0323. The van der Waals surface area contributed by atoms with Gasteiger partial charge in [0.2, 0.25) is 0 Å². The Balaban J connectivity index is -0.000000276. The van der Waals surface area contributed by atoms with Crippen molar-refractivity contribution in [2.45, 2.75) is 0 Å². The number of benzene rings is 4. The van der Waals surface area contributed by atoms with E-state index in [9.17, 15) is 0 Å². The number of hydrogen-bond acceptors (Lipinski definition) is 0. The molecule has 10 heteroatoms. The van der Waals surface area contributed by atoms with Gasteiger partial charge >= 0.3 is 67.8 Å². The SMILES string of the molecule is [C-]#[O+].[C-]#[O+].[C-]#[O+].[C-]#[O+].[C-]#[O+].[C-]#[O+].[Mn].[Mn].c1ccc(P(CP(c2ccccc2)c2ccccc2)c2ccccc2)cc1. The van der Waals surface area contributed by atoms with Crippen LogP contribution >= 0.6 is 15.8 Å². The first-order chi connectivity index (χ1) is 19.4. The predicted molar refractivity (Wildman–Crippen MR) is 147 cm³/mol. The number of hydrogen-bond donors (Lipinski definition) is 0. The van der Waals surface area contributed by atoms with E-state index in [2.05, 4.69) is 161 Å². The maximum atomic E-state index is 7.50. The Morgan fingerprint density at radius 1 is 0.317 bits per heavy atom. The van der Waals surface area contributed by atoms with Gasteiger partial charge in [-0.25, -0.2) is 0 Å². The van der Waals surface area contributed by atoms with Crippen molar-refractivity contribution < 1.29 is 62.1 Å². The summed E-state index contributed by atoms with van der Waals surface area (Å²) in [7, 11) is -0.817. The van der Waals surface area contributed by atoms with Gasteiger partial charge in [-0.1, -0.05) is 121 Å². The van der Waals surface area contributed by atoms with Gasteiger partial charge in [-0.15, -0.1) is 0 Å². The van der Waals surface area contributed by atoms with Crippen LogP contribution in [0.3, 0.4) is 0 Å². The van der Waals surface area contributed by atoms with Crippen molar-refractivity contribution in [3.05, 3.63) is 161 Å². The van der Waals surface area contributed by atoms with Crippen LogP contribution in [-0.4, -0.2) is 5.90 Å². The molecule has 4 aromatic carbocycles. The zero-order valence-corrected chi connectivity index (χ0v) is 25.5. The normalized spacial score (nSPS) is 7.56. The average molecular weight is 662 g/mol. The summed E-state index contributed by atoms with van der Waals surface area (Å²) >= 11 is 0. The summed E-state index contributed by atoms with van der Waals surface area (Å²) < 4.78 is 45.0. The van der Waals surface area contributed by atoms with Crippen LogP contribution in [0.15, 0.2) is 121 Å². The van der Waals surface area contributed by atoms with Crippen LogP contribution < -0.4 is 21.2 Å². The predicted octanol–water partition coefficient (Wildman–Crippen LogP) is 4.98. The molecule has 0 saturated heterocycles. The van der Waals surface area contributed by atoms with E-state index in [4.69, 9.17) is 27.9 Å². The van der Waals surface area contributed by atoms with Crippen molar-refractivity contribution in [3.63, 3.8) is 0 Å². The molecule has 41 heavy (non-hydrogen) atoms. The zero-order valence-electron chi connectivity index (χ0n) is 21.4. The van der Waals surface area contributed by atoms with Gasteiger partial charge in [0.1, 0.15) is 0 Å². The minimum absolute atomic E-state index is 0. The molecule has 0 amide bonds. The zero-order chi connectivity index (χ0) is 30.3. The van der Waals surface area contributed by atoms with Crippen molar-refractivity contribution >= 4 is 37.1 Å². The second kappa shape index (κ2) is 37.2. The van der Waals surface area contributed by atoms with E-state index >= 15 is 0 Å². The summed E-state index contributed by atoms with van der Waals surface area (Å²) in [5.41, 5.74) is 0. The summed E-state index contributed by atoms with van der Waals surface area (Å²) in [6, 6.07) is 44.1. The van der Waals surface area contributed by atoms with Gasteiger partial charge in [-0.05, 0) is 37.1 Å². The summed E-state index contributed by atoms with van der Waals surface area (Å²) in [5.74, 6) is 1.17. The molecule has 0 unspecified atom stereocenters. The third-order valence-corrected chi connectivity index (χ3v) is 10.5. The Morgan fingerprint density at radius 2 is 0.463 bits per heavy atom. The largest absolute Gasteiger partial charge is 0.0622 e. The second-order valence-electron chi connectivity index (χ2n) is 6.34. The molecular weight excluding hydrogens is 640 g/mol. The standard InChI is InChI=1S/C25H22P2.6CO.2Mn/c1-5-13-22(14-6-1)26(23-15-7-2-8-16-23)21-27(24-17-9-3-10-18-24)25-19-11-4-12-20-25;6*1-2;;/h1-20H,21H2;;;;;;;;. The molecule has 0 aliphatic heterocycles. The Morgan fingerprint density at radius 3 is 0.610 bits per heavy atom. The van der Waals surface area contributed by atoms with Crippen molar-refractivity contribution in [2.75, 3.05) is 5.90 Å². The summed E-state index contributed by atoms with van der Waals surface area (Å²) in [6.45, 7) is 27.0. The van der Waals surface area contributed by atoms with Crippen LogP contribution in [-0.2, 0) is 62.1 Å². The summed E-state index contributed by atoms with van der Waals surface area (Å²) in [6.07, 6.45) is 0. The molecule has 0 bridgehead atoms. The Bertz CT molecular complexity index is 1030. The van der Waals surface area contributed by atoms with Crippen molar-refractivity contribution in [2.24, 2.45) is 0 Å². The van der Waals surface area contributed by atoms with Gasteiger partial charge < -0.3 is 0 Å². The first-order valence-electron chi connectivity index (χ1n) is 10.4. The van der Waals surface area contributed by atoms with Crippen LogP contribution in [0.5, 0.6) is 0 Å². The monoisotopic (exact) mass is 662 g/mol. The van der Waals surface area contributed by atoms with E-state index in [1.807, 2.05) is 0 Å². The van der Waals surface area contributed by atoms with Gasteiger partial charge in [0, 0.05) is 40.0 Å². The maximum absolute atomic E-state index is 7.50. The Labute approximate surface area is 265 Å². The van der Waals surface area contributed by atoms with Crippen LogP contribution in [0.1, 0.15) is 0 Å². The molecule has 0 heterocycles. The molecule has 0 spiro atoms. The van der Waals surface area contributed by atoms with Gasteiger partial charge in [-0.2, -0.15) is 0 Å². The molecule has 4 rings (SSSR count). The van der Waals surface area contributed by atoms with Gasteiger partial charge in [0.25, 0.3) is 0 Å². The van der Waals surface area contributed by atoms with Gasteiger partial charge in [0.15, 0.2) is 0 Å². The minimum Gasteiger partial charge on any atom is -0.0622 e. The second-order valence-corrected chi connectivity index (χ2v) is 11.2. The summed E-state index contributed by atoms with van der Waals surface area (Å²) in [4.78, 5) is 0. The molecule has 0 aliphatic rings. The molecule has 0 aliphatic carbocycles. The topological polar surface area (TPSA) is 119 Å². The van der Waals surface area contributed by atoms with Gasteiger partial charge in [-0.3, -0.25) is 0 Å². The Kier molecular flexibility index (Phi) is 43.6. The third-order valence-electron chi connectivity index (χ3n) is 4.55. The first-order valence-corrected chi connectivity index (χ1v) is 13.4. The van der Waals surface area contributed by atoms with E-state index in [1.54, 1.807) is 0 Å². The molecule has 0 aromatic heterocycles. The van der Waals surface area contributed by atoms with Crippen LogP contribution in [0.4, 0.5) is 0 Å². The molecular formula is C31H22Mn2O6P2. The fourth-order valence-electron chi connectivity index (χ4n) is 3.20.